The summed E-state index contributed by atoms with van der Waals surface area (Å²) in [6.45, 7) is 2.58. The highest BCUT2D eigenvalue weighted by atomic mass is 16.6. The maximum absolute atomic E-state index is 10.5. The van der Waals surface area contributed by atoms with E-state index in [-0.39, 0.29) is 11.2 Å². The van der Waals surface area contributed by atoms with E-state index in [1.807, 2.05) is 30.3 Å². The van der Waals surface area contributed by atoms with Crippen LogP contribution in [0.4, 0.5) is 0 Å². The Morgan fingerprint density at radius 3 is 2.74 bits per heavy atom. The van der Waals surface area contributed by atoms with E-state index in [0.29, 0.717) is 30.1 Å². The van der Waals surface area contributed by atoms with Gasteiger partial charge in [-0.05, 0) is 85.3 Å². The molecule has 7 nitrogen and oxygen atoms in total. The van der Waals surface area contributed by atoms with Crippen LogP contribution >= 0.6 is 0 Å². The second-order valence-electron chi connectivity index (χ2n) is 9.90. The van der Waals surface area contributed by atoms with E-state index in [0.717, 1.165) is 66.0 Å². The van der Waals surface area contributed by atoms with Gasteiger partial charge in [0.05, 0.1) is 25.6 Å². The fourth-order valence-electron chi connectivity index (χ4n) is 6.58. The summed E-state index contributed by atoms with van der Waals surface area (Å²) in [5, 5.41) is 28.4. The fraction of sp³-hybridized carbons (Fsp3) is 0.481. The molecule has 0 heterocycles. The highest BCUT2D eigenvalue weighted by molar-refractivity contribution is 6.04. The minimum absolute atomic E-state index is 0.0824. The Bertz CT molecular complexity index is 1140. The first kappa shape index (κ1) is 22.6. The third kappa shape index (κ3) is 3.67. The van der Waals surface area contributed by atoms with Gasteiger partial charge in [-0.2, -0.15) is 0 Å². The van der Waals surface area contributed by atoms with Crippen molar-refractivity contribution in [3.8, 4) is 17.2 Å². The minimum atomic E-state index is -0.0824. The molecule has 2 fully saturated rings. The molecule has 0 amide bonds. The van der Waals surface area contributed by atoms with E-state index in [4.69, 9.17) is 14.3 Å². The molecule has 0 aromatic heterocycles. The molecule has 2 saturated carbocycles. The van der Waals surface area contributed by atoms with Gasteiger partial charge in [0.1, 0.15) is 12.4 Å². The van der Waals surface area contributed by atoms with E-state index in [1.165, 1.54) is 0 Å². The predicted molar refractivity (Wildman–Crippen MR) is 129 cm³/mol. The van der Waals surface area contributed by atoms with Gasteiger partial charge in [-0.25, -0.2) is 0 Å². The summed E-state index contributed by atoms with van der Waals surface area (Å²) >= 11 is 0. The third-order valence-electron chi connectivity index (χ3n) is 8.33. The molecule has 0 spiro atoms. The molecule has 5 rings (SSSR count). The van der Waals surface area contributed by atoms with Crippen molar-refractivity contribution in [2.24, 2.45) is 27.6 Å². The molecule has 34 heavy (non-hydrogen) atoms. The Morgan fingerprint density at radius 2 is 1.97 bits per heavy atom. The van der Waals surface area contributed by atoms with Crippen molar-refractivity contribution in [3.63, 3.8) is 0 Å². The van der Waals surface area contributed by atoms with Crippen LogP contribution in [0.15, 0.2) is 46.7 Å². The number of benzene rings is 2. The standard InChI is InChI=1S/C27H32N2O5/c1-27-10-9-18-19-14-25(33-3)24(30)13-21(19)23(12-20(18)22(27)7-8-26(27)28-31)29-34-15-16-5-4-6-17(11-16)32-2/h4-6,11,13-14,18,20,22,30-31H,7-10,12,15H2,1-3H3/t18-,20-,22+,27+/m1/s1. The lowest BCUT2D eigenvalue weighted by Crippen LogP contribution is -2.43. The highest BCUT2D eigenvalue weighted by Crippen LogP contribution is 2.60. The molecule has 2 N–H and O–H groups in total. The maximum atomic E-state index is 10.5. The van der Waals surface area contributed by atoms with Crippen molar-refractivity contribution in [3.05, 3.63) is 53.1 Å². The van der Waals surface area contributed by atoms with Gasteiger partial charge in [0.2, 0.25) is 0 Å². The van der Waals surface area contributed by atoms with Crippen molar-refractivity contribution < 1.29 is 24.6 Å². The van der Waals surface area contributed by atoms with Crippen LogP contribution in [0, 0.1) is 17.3 Å². The number of oxime groups is 2. The molecule has 0 saturated heterocycles. The molecule has 0 radical (unpaired) electrons. The first-order valence-electron chi connectivity index (χ1n) is 11.9. The summed E-state index contributed by atoms with van der Waals surface area (Å²) in [5.74, 6) is 2.48. The van der Waals surface area contributed by atoms with E-state index in [1.54, 1.807) is 20.3 Å². The zero-order valence-corrected chi connectivity index (χ0v) is 20.0. The van der Waals surface area contributed by atoms with E-state index < -0.39 is 0 Å². The van der Waals surface area contributed by atoms with Gasteiger partial charge in [-0.1, -0.05) is 29.4 Å². The van der Waals surface area contributed by atoms with Gasteiger partial charge in [-0.15, -0.1) is 0 Å². The summed E-state index contributed by atoms with van der Waals surface area (Å²) in [7, 11) is 3.22. The number of methoxy groups -OCH3 is 2. The van der Waals surface area contributed by atoms with E-state index >= 15 is 0 Å². The Hall–Kier alpha value is -3.22. The van der Waals surface area contributed by atoms with Crippen LogP contribution in [0.5, 0.6) is 17.2 Å². The zero-order chi connectivity index (χ0) is 23.9. The van der Waals surface area contributed by atoms with Gasteiger partial charge in [-0.3, -0.25) is 0 Å². The van der Waals surface area contributed by atoms with Crippen molar-refractivity contribution in [1.82, 2.24) is 0 Å². The topological polar surface area (TPSA) is 92.9 Å². The molecular formula is C27H32N2O5. The molecular weight excluding hydrogens is 432 g/mol. The average molecular weight is 465 g/mol. The van der Waals surface area contributed by atoms with Crippen LogP contribution in [0.2, 0.25) is 0 Å². The van der Waals surface area contributed by atoms with Crippen molar-refractivity contribution in [2.45, 2.75) is 51.6 Å². The summed E-state index contributed by atoms with van der Waals surface area (Å²) in [4.78, 5) is 5.83. The monoisotopic (exact) mass is 464 g/mol. The van der Waals surface area contributed by atoms with Gasteiger partial charge in [0, 0.05) is 11.0 Å². The Labute approximate surface area is 200 Å². The molecule has 0 aliphatic heterocycles. The summed E-state index contributed by atoms with van der Waals surface area (Å²) in [6, 6.07) is 11.5. The number of phenolic OH excluding ortho intramolecular Hbond substituents is 1. The zero-order valence-electron chi connectivity index (χ0n) is 20.0. The number of hydrogen-bond acceptors (Lipinski definition) is 7. The number of nitrogens with zero attached hydrogens (tertiary/aromatic N) is 2. The summed E-state index contributed by atoms with van der Waals surface area (Å²) in [5.41, 5.74) is 4.75. The fourth-order valence-corrected chi connectivity index (χ4v) is 6.58. The van der Waals surface area contributed by atoms with Crippen LogP contribution in [-0.4, -0.2) is 36.0 Å². The van der Waals surface area contributed by atoms with Crippen LogP contribution in [0.3, 0.4) is 0 Å². The quantitative estimate of drug-likeness (QED) is 0.452. The van der Waals surface area contributed by atoms with Crippen LogP contribution in [-0.2, 0) is 11.4 Å². The second kappa shape index (κ2) is 8.85. The molecule has 180 valence electrons. The van der Waals surface area contributed by atoms with Crippen LogP contribution in [0.25, 0.3) is 0 Å². The number of rotatable bonds is 5. The number of hydrogen-bond donors (Lipinski definition) is 2. The molecule has 7 heteroatoms. The summed E-state index contributed by atoms with van der Waals surface area (Å²) < 4.78 is 10.7. The summed E-state index contributed by atoms with van der Waals surface area (Å²) in [6.07, 6.45) is 4.60. The Balaban J connectivity index is 1.49. The van der Waals surface area contributed by atoms with Crippen molar-refractivity contribution >= 4 is 11.4 Å². The highest BCUT2D eigenvalue weighted by Gasteiger charge is 2.54. The lowest BCUT2D eigenvalue weighted by atomic mass is 9.55. The lowest BCUT2D eigenvalue weighted by molar-refractivity contribution is 0.103. The molecule has 0 bridgehead atoms. The lowest BCUT2D eigenvalue weighted by Gasteiger charge is -2.48. The molecule has 3 aliphatic carbocycles. The molecule has 2 aromatic rings. The van der Waals surface area contributed by atoms with Crippen LogP contribution < -0.4 is 9.47 Å². The third-order valence-corrected chi connectivity index (χ3v) is 8.33. The Morgan fingerprint density at radius 1 is 1.12 bits per heavy atom. The Kier molecular flexibility index (Phi) is 5.88. The number of phenols is 1. The molecule has 0 unspecified atom stereocenters. The molecule has 3 aliphatic rings. The minimum Gasteiger partial charge on any atom is -0.504 e. The molecule has 4 atom stereocenters. The van der Waals surface area contributed by atoms with E-state index in [2.05, 4.69) is 17.2 Å². The van der Waals surface area contributed by atoms with Crippen molar-refractivity contribution in [1.29, 1.82) is 0 Å². The smallest absolute Gasteiger partial charge is 0.160 e. The number of aromatic hydroxyl groups is 1. The van der Waals surface area contributed by atoms with Gasteiger partial charge in [0.15, 0.2) is 11.5 Å². The van der Waals surface area contributed by atoms with Gasteiger partial charge in [0.25, 0.3) is 0 Å². The first-order chi connectivity index (χ1) is 16.5. The van der Waals surface area contributed by atoms with Crippen molar-refractivity contribution in [2.75, 3.05) is 14.2 Å². The number of ether oxygens (including phenoxy) is 2. The first-order valence-corrected chi connectivity index (χ1v) is 11.9. The van der Waals surface area contributed by atoms with E-state index in [9.17, 15) is 10.3 Å². The second-order valence-corrected chi connectivity index (χ2v) is 9.90. The van der Waals surface area contributed by atoms with Crippen LogP contribution in [0.1, 0.15) is 61.6 Å². The maximum Gasteiger partial charge on any atom is 0.160 e. The largest absolute Gasteiger partial charge is 0.504 e. The average Bonchev–Trinajstić information content (AvgIpc) is 3.20. The molecule has 2 aromatic carbocycles. The SMILES string of the molecule is COc1cccc(CON=C2C[C@@H]3[C@H](CC[C@]4(C)C(=NO)CC[C@@H]34)c3cc(OC)c(O)cc32)c1. The van der Waals surface area contributed by atoms with Gasteiger partial charge >= 0.3 is 0 Å². The van der Waals surface area contributed by atoms with Gasteiger partial charge < -0.3 is 24.6 Å². The number of fused-ring (bicyclic) bond motifs is 5. The normalized spacial score (nSPS) is 29.9. The predicted octanol–water partition coefficient (Wildman–Crippen LogP) is 5.47.